The fourth-order valence-electron chi connectivity index (χ4n) is 2.36. The summed E-state index contributed by atoms with van der Waals surface area (Å²) in [4.78, 5) is 4.40. The number of benzene rings is 1. The molecule has 0 unspecified atom stereocenters. The van der Waals surface area contributed by atoms with E-state index < -0.39 is 0 Å². The van der Waals surface area contributed by atoms with Gasteiger partial charge in [0.1, 0.15) is 0 Å². The van der Waals surface area contributed by atoms with E-state index in [0.717, 1.165) is 28.2 Å². The first-order valence-corrected chi connectivity index (χ1v) is 5.73. The van der Waals surface area contributed by atoms with Crippen LogP contribution in [0.15, 0.2) is 42.6 Å². The van der Waals surface area contributed by atoms with Crippen LogP contribution in [0.4, 0.5) is 0 Å². The minimum absolute atomic E-state index is 0.651. The van der Waals surface area contributed by atoms with E-state index in [9.17, 15) is 0 Å². The average molecular weight is 235 g/mol. The van der Waals surface area contributed by atoms with Crippen LogP contribution in [0.2, 0.25) is 0 Å². The van der Waals surface area contributed by atoms with Gasteiger partial charge in [-0.05, 0) is 27.6 Å². The van der Waals surface area contributed by atoms with E-state index >= 15 is 0 Å². The maximum atomic E-state index is 4.40. The zero-order chi connectivity index (χ0) is 11.9. The fraction of sp³-hybridized carbons (Fsp3) is 0.0769. The highest BCUT2D eigenvalue weighted by atomic mass is 15.5. The molecule has 1 aliphatic heterocycles. The molecular weight excluding hydrogens is 226 g/mol. The highest BCUT2D eigenvalue weighted by Gasteiger charge is 2.25. The van der Waals surface area contributed by atoms with Gasteiger partial charge in [0.25, 0.3) is 0 Å². The Kier molecular flexibility index (Phi) is 1.82. The van der Waals surface area contributed by atoms with Crippen LogP contribution in [0.5, 0.6) is 0 Å². The third-order valence-electron chi connectivity index (χ3n) is 3.17. The summed E-state index contributed by atoms with van der Waals surface area (Å²) in [7, 11) is 0. The van der Waals surface area contributed by atoms with Gasteiger partial charge in [-0.1, -0.05) is 30.3 Å². The van der Waals surface area contributed by atoms with Gasteiger partial charge in [0.2, 0.25) is 0 Å². The largest absolute Gasteiger partial charge is 0.259 e. The molecule has 1 aromatic carbocycles. The molecule has 86 valence electrons. The number of hydrogen-bond acceptors (Lipinski definition) is 4. The second kappa shape index (κ2) is 3.46. The Morgan fingerprint density at radius 2 is 1.94 bits per heavy atom. The molecule has 0 aliphatic carbocycles. The minimum atomic E-state index is 0.651. The van der Waals surface area contributed by atoms with Crippen molar-refractivity contribution in [1.82, 2.24) is 25.2 Å². The fourth-order valence-corrected chi connectivity index (χ4v) is 2.36. The average Bonchev–Trinajstić information content (AvgIpc) is 2.99. The van der Waals surface area contributed by atoms with Gasteiger partial charge in [0, 0.05) is 6.20 Å². The molecule has 18 heavy (non-hydrogen) atoms. The van der Waals surface area contributed by atoms with Crippen LogP contribution in [0, 0.1) is 0 Å². The summed E-state index contributed by atoms with van der Waals surface area (Å²) in [5.74, 6) is 0.803. The van der Waals surface area contributed by atoms with Crippen molar-refractivity contribution in [3.63, 3.8) is 0 Å². The highest BCUT2D eigenvalue weighted by molar-refractivity contribution is 5.83. The van der Waals surface area contributed by atoms with Crippen molar-refractivity contribution in [2.75, 3.05) is 0 Å². The molecule has 0 N–H and O–H groups in total. The Bertz CT molecular complexity index is 717. The molecule has 0 atom stereocenters. The normalized spacial score (nSPS) is 12.2. The smallest absolute Gasteiger partial charge is 0.184 e. The summed E-state index contributed by atoms with van der Waals surface area (Å²) in [6, 6.07) is 12.2. The van der Waals surface area contributed by atoms with Crippen molar-refractivity contribution in [2.45, 2.75) is 6.54 Å². The van der Waals surface area contributed by atoms with Crippen LogP contribution < -0.4 is 0 Å². The van der Waals surface area contributed by atoms with Crippen LogP contribution in [0.3, 0.4) is 0 Å². The van der Waals surface area contributed by atoms with E-state index in [1.165, 1.54) is 0 Å². The first-order valence-electron chi connectivity index (χ1n) is 5.73. The second-order valence-corrected chi connectivity index (χ2v) is 4.21. The first kappa shape index (κ1) is 9.47. The molecular formula is C13H9N5. The van der Waals surface area contributed by atoms with Gasteiger partial charge in [-0.25, -0.2) is 4.68 Å². The van der Waals surface area contributed by atoms with Crippen molar-refractivity contribution in [2.24, 2.45) is 0 Å². The number of hydrogen-bond donors (Lipinski definition) is 0. The van der Waals surface area contributed by atoms with Gasteiger partial charge in [-0.3, -0.25) is 4.98 Å². The lowest BCUT2D eigenvalue weighted by Gasteiger charge is -2.06. The van der Waals surface area contributed by atoms with Gasteiger partial charge < -0.3 is 0 Å². The number of aromatic nitrogens is 5. The van der Waals surface area contributed by atoms with Crippen LogP contribution in [0.1, 0.15) is 5.69 Å². The Morgan fingerprint density at radius 1 is 1.06 bits per heavy atom. The van der Waals surface area contributed by atoms with E-state index in [0.29, 0.717) is 6.54 Å². The summed E-state index contributed by atoms with van der Waals surface area (Å²) < 4.78 is 1.78. The van der Waals surface area contributed by atoms with Crippen molar-refractivity contribution in [3.05, 3.63) is 48.3 Å². The number of fused-ring (bicyclic) bond motifs is 3. The summed E-state index contributed by atoms with van der Waals surface area (Å²) in [5, 5.41) is 11.8. The van der Waals surface area contributed by atoms with Gasteiger partial charge >= 0.3 is 0 Å². The molecule has 1 aliphatic rings. The Labute approximate surface area is 103 Å². The van der Waals surface area contributed by atoms with Crippen molar-refractivity contribution < 1.29 is 0 Å². The zero-order valence-corrected chi connectivity index (χ0v) is 9.48. The lowest BCUT2D eigenvalue weighted by Crippen LogP contribution is -1.96. The molecule has 3 heterocycles. The highest BCUT2D eigenvalue weighted by Crippen LogP contribution is 2.36. The van der Waals surface area contributed by atoms with Crippen molar-refractivity contribution in [3.8, 4) is 22.5 Å². The molecule has 0 bridgehead atoms. The molecule has 5 heteroatoms. The standard InChI is InChI=1S/C13H9N5/c1-2-4-9(5-3-1)10-6-7-14-11-8-18-13(12(10)11)15-16-17-18/h1-7H,8H2. The number of rotatable bonds is 1. The van der Waals surface area contributed by atoms with Gasteiger partial charge in [0.05, 0.1) is 17.8 Å². The monoisotopic (exact) mass is 235 g/mol. The molecule has 0 amide bonds. The van der Waals surface area contributed by atoms with Gasteiger partial charge in [-0.15, -0.1) is 5.10 Å². The van der Waals surface area contributed by atoms with Crippen molar-refractivity contribution in [1.29, 1.82) is 0 Å². The van der Waals surface area contributed by atoms with Crippen LogP contribution in [0.25, 0.3) is 22.5 Å². The SMILES string of the molecule is c1ccc(-c2ccnc3c2-c2nnnn2C3)cc1. The van der Waals surface area contributed by atoms with E-state index in [-0.39, 0.29) is 0 Å². The maximum absolute atomic E-state index is 4.40. The van der Waals surface area contributed by atoms with E-state index in [4.69, 9.17) is 0 Å². The molecule has 2 aromatic heterocycles. The predicted molar refractivity (Wildman–Crippen MR) is 65.6 cm³/mol. The Balaban J connectivity index is 2.01. The molecule has 0 spiro atoms. The summed E-state index contributed by atoms with van der Waals surface area (Å²) in [6.07, 6.45) is 1.83. The van der Waals surface area contributed by atoms with E-state index in [2.05, 4.69) is 32.6 Å². The molecule has 0 radical (unpaired) electrons. The van der Waals surface area contributed by atoms with Gasteiger partial charge in [-0.2, -0.15) is 0 Å². The topological polar surface area (TPSA) is 56.5 Å². The molecule has 0 saturated heterocycles. The van der Waals surface area contributed by atoms with Crippen LogP contribution in [-0.2, 0) is 6.54 Å². The quantitative estimate of drug-likeness (QED) is 0.504. The van der Waals surface area contributed by atoms with Gasteiger partial charge in [0.15, 0.2) is 5.82 Å². The van der Waals surface area contributed by atoms with E-state index in [1.807, 2.05) is 30.5 Å². The maximum Gasteiger partial charge on any atom is 0.184 e. The number of pyridine rings is 1. The lowest BCUT2D eigenvalue weighted by atomic mass is 10.00. The Hall–Kier alpha value is -2.56. The molecule has 3 aromatic rings. The summed E-state index contributed by atoms with van der Waals surface area (Å²) in [5.41, 5.74) is 4.35. The van der Waals surface area contributed by atoms with Crippen molar-refractivity contribution >= 4 is 0 Å². The first-order chi connectivity index (χ1) is 8.93. The predicted octanol–water partition coefficient (Wildman–Crippen LogP) is 1.76. The third kappa shape index (κ3) is 1.21. The Morgan fingerprint density at radius 3 is 2.83 bits per heavy atom. The molecule has 4 rings (SSSR count). The van der Waals surface area contributed by atoms with E-state index in [1.54, 1.807) is 4.68 Å². The number of tetrazole rings is 1. The van der Waals surface area contributed by atoms with Crippen LogP contribution in [-0.4, -0.2) is 25.2 Å². The lowest BCUT2D eigenvalue weighted by molar-refractivity contribution is 0.662. The minimum Gasteiger partial charge on any atom is -0.259 e. The summed E-state index contributed by atoms with van der Waals surface area (Å²) >= 11 is 0. The molecule has 0 saturated carbocycles. The zero-order valence-electron chi connectivity index (χ0n) is 9.48. The van der Waals surface area contributed by atoms with Crippen LogP contribution >= 0.6 is 0 Å². The molecule has 5 nitrogen and oxygen atoms in total. The summed E-state index contributed by atoms with van der Waals surface area (Å²) in [6.45, 7) is 0.651. The molecule has 0 fully saturated rings. The third-order valence-corrected chi connectivity index (χ3v) is 3.17. The second-order valence-electron chi connectivity index (χ2n) is 4.21. The number of nitrogens with zero attached hydrogens (tertiary/aromatic N) is 5.